The lowest BCUT2D eigenvalue weighted by Gasteiger charge is -2.30. The Kier molecular flexibility index (Phi) is 5.25. The van der Waals surface area contributed by atoms with Crippen molar-refractivity contribution in [2.75, 3.05) is 13.3 Å². The smallest absolute Gasteiger partial charge is 0.416 e. The molecule has 1 aromatic carbocycles. The molecule has 0 aliphatic heterocycles. The normalized spacial score (nSPS) is 11.6. The molecule has 114 valence electrons. The van der Waals surface area contributed by atoms with Crippen LogP contribution in [0.4, 0.5) is 4.79 Å². The van der Waals surface area contributed by atoms with Gasteiger partial charge in [0.15, 0.2) is 7.29 Å². The number of ether oxygens (including phenoxy) is 1. The minimum absolute atomic E-state index is 0.226. The molecule has 0 unspecified atom stereocenters. The molecule has 1 rings (SSSR count). The van der Waals surface area contributed by atoms with Crippen molar-refractivity contribution in [1.82, 2.24) is 4.67 Å². The van der Waals surface area contributed by atoms with Crippen molar-refractivity contribution < 1.29 is 14.1 Å². The van der Waals surface area contributed by atoms with E-state index in [1.165, 1.54) is 4.67 Å². The lowest BCUT2D eigenvalue weighted by atomic mass is 10.1. The second kappa shape index (κ2) is 6.37. The van der Waals surface area contributed by atoms with Crippen LogP contribution in [-0.4, -0.2) is 29.7 Å². The van der Waals surface area contributed by atoms with Gasteiger partial charge in [0.1, 0.15) is 5.60 Å². The third-order valence-electron chi connectivity index (χ3n) is 2.64. The van der Waals surface area contributed by atoms with Gasteiger partial charge in [-0.25, -0.2) is 4.79 Å². The molecular formula is C16H22NO3P. The minimum atomic E-state index is -2.78. The largest absolute Gasteiger partial charge is 0.443 e. The van der Waals surface area contributed by atoms with Crippen molar-refractivity contribution in [2.45, 2.75) is 32.9 Å². The van der Waals surface area contributed by atoms with Crippen LogP contribution in [0.1, 0.15) is 31.9 Å². The Morgan fingerprint density at radius 2 is 1.81 bits per heavy atom. The molecule has 1 amide bonds. The van der Waals surface area contributed by atoms with Gasteiger partial charge in [-0.1, -0.05) is 18.1 Å². The van der Waals surface area contributed by atoms with E-state index >= 15 is 0 Å². The molecule has 0 fully saturated rings. The van der Waals surface area contributed by atoms with Crippen LogP contribution in [-0.2, 0) is 15.8 Å². The van der Waals surface area contributed by atoms with Gasteiger partial charge in [0.05, 0.1) is 6.54 Å². The number of amides is 1. The summed E-state index contributed by atoms with van der Waals surface area (Å²) in [5, 5.41) is 0. The van der Waals surface area contributed by atoms with Crippen molar-refractivity contribution in [2.24, 2.45) is 0 Å². The molecule has 0 heterocycles. The van der Waals surface area contributed by atoms with Gasteiger partial charge in [0.2, 0.25) is 0 Å². The van der Waals surface area contributed by atoms with E-state index in [0.717, 1.165) is 11.1 Å². The number of hydrogen-bond donors (Lipinski definition) is 0. The average molecular weight is 307 g/mol. The summed E-state index contributed by atoms with van der Waals surface area (Å²) in [6, 6.07) is 7.22. The highest BCUT2D eigenvalue weighted by Gasteiger charge is 2.29. The number of terminal acetylenes is 1. The quantitative estimate of drug-likeness (QED) is 0.627. The lowest BCUT2D eigenvalue weighted by Crippen LogP contribution is -2.34. The highest BCUT2D eigenvalue weighted by molar-refractivity contribution is 7.60. The number of carbonyl (C=O) groups excluding carboxylic acids is 1. The molecule has 0 saturated heterocycles. The molecule has 0 aliphatic rings. The zero-order valence-electron chi connectivity index (χ0n) is 13.2. The fraction of sp³-hybridized carbons (Fsp3) is 0.438. The average Bonchev–Trinajstić information content (AvgIpc) is 2.33. The summed E-state index contributed by atoms with van der Waals surface area (Å²) < 4.78 is 19.0. The maximum Gasteiger partial charge on any atom is 0.416 e. The van der Waals surface area contributed by atoms with Gasteiger partial charge in [-0.2, -0.15) is 0 Å². The zero-order valence-corrected chi connectivity index (χ0v) is 14.1. The Morgan fingerprint density at radius 3 is 2.19 bits per heavy atom. The SMILES string of the molecule is C#Cc1ccc(CN(C(=O)OC(C)(C)C)P(C)(C)=O)cc1. The number of benzene rings is 1. The Morgan fingerprint density at radius 1 is 1.29 bits per heavy atom. The first-order valence-electron chi connectivity index (χ1n) is 6.64. The number of rotatable bonds is 3. The fourth-order valence-electron chi connectivity index (χ4n) is 1.63. The minimum Gasteiger partial charge on any atom is -0.443 e. The topological polar surface area (TPSA) is 46.6 Å². The van der Waals surface area contributed by atoms with E-state index in [-0.39, 0.29) is 6.54 Å². The maximum atomic E-state index is 12.4. The van der Waals surface area contributed by atoms with Crippen molar-refractivity contribution in [3.8, 4) is 12.3 Å². The van der Waals surface area contributed by atoms with Crippen molar-refractivity contribution in [3.05, 3.63) is 35.4 Å². The van der Waals surface area contributed by atoms with Crippen molar-refractivity contribution in [3.63, 3.8) is 0 Å². The Bertz CT molecular complexity index is 587. The highest BCUT2D eigenvalue weighted by atomic mass is 31.2. The third kappa shape index (κ3) is 5.65. The monoisotopic (exact) mass is 307 g/mol. The molecule has 0 bridgehead atoms. The van der Waals surface area contributed by atoms with E-state index in [1.54, 1.807) is 46.2 Å². The summed E-state index contributed by atoms with van der Waals surface area (Å²) in [5.41, 5.74) is 0.986. The number of hydrogen-bond acceptors (Lipinski definition) is 3. The zero-order chi connectivity index (χ0) is 16.3. The van der Waals surface area contributed by atoms with Gasteiger partial charge in [0, 0.05) is 18.9 Å². The first-order chi connectivity index (χ1) is 9.53. The van der Waals surface area contributed by atoms with E-state index in [0.29, 0.717) is 0 Å². The summed E-state index contributed by atoms with van der Waals surface area (Å²) >= 11 is 0. The molecule has 0 aliphatic carbocycles. The predicted octanol–water partition coefficient (Wildman–Crippen LogP) is 3.94. The molecule has 0 saturated carbocycles. The van der Waals surface area contributed by atoms with E-state index in [9.17, 15) is 9.36 Å². The molecule has 4 nitrogen and oxygen atoms in total. The second-order valence-corrected chi connectivity index (χ2v) is 9.24. The van der Waals surface area contributed by atoms with Crippen LogP contribution in [0.2, 0.25) is 0 Å². The maximum absolute atomic E-state index is 12.4. The third-order valence-corrected chi connectivity index (χ3v) is 4.11. The van der Waals surface area contributed by atoms with Crippen LogP contribution in [0, 0.1) is 12.3 Å². The van der Waals surface area contributed by atoms with Crippen LogP contribution in [0.3, 0.4) is 0 Å². The summed E-state index contributed by atoms with van der Waals surface area (Å²) in [6.07, 6.45) is 4.74. The van der Waals surface area contributed by atoms with Gasteiger partial charge >= 0.3 is 6.09 Å². The summed E-state index contributed by atoms with van der Waals surface area (Å²) in [4.78, 5) is 12.2. The van der Waals surface area contributed by atoms with E-state index < -0.39 is 19.0 Å². The van der Waals surface area contributed by atoms with Gasteiger partial charge in [-0.3, -0.25) is 4.67 Å². The Hall–Kier alpha value is -1.72. The molecule has 0 aromatic heterocycles. The molecule has 1 aromatic rings. The Balaban J connectivity index is 2.96. The first kappa shape index (κ1) is 17.3. The standard InChI is InChI=1S/C16H22NO3P/c1-7-13-8-10-14(11-9-13)12-17(21(5,6)19)15(18)20-16(2,3)4/h1,8-11H,12H2,2-6H3. The molecule has 0 N–H and O–H groups in total. The van der Waals surface area contributed by atoms with E-state index in [4.69, 9.17) is 11.2 Å². The molecule has 0 spiro atoms. The van der Waals surface area contributed by atoms with Gasteiger partial charge in [0.25, 0.3) is 0 Å². The van der Waals surface area contributed by atoms with Crippen LogP contribution >= 0.6 is 7.29 Å². The van der Waals surface area contributed by atoms with Crippen molar-refractivity contribution >= 4 is 13.4 Å². The summed E-state index contributed by atoms with van der Waals surface area (Å²) in [7, 11) is -2.78. The molecule has 21 heavy (non-hydrogen) atoms. The van der Waals surface area contributed by atoms with Crippen LogP contribution < -0.4 is 0 Å². The van der Waals surface area contributed by atoms with Gasteiger partial charge in [-0.05, 0) is 38.5 Å². The van der Waals surface area contributed by atoms with Crippen LogP contribution in [0.15, 0.2) is 24.3 Å². The number of nitrogens with zero attached hydrogens (tertiary/aromatic N) is 1. The van der Waals surface area contributed by atoms with Gasteiger partial charge in [-0.15, -0.1) is 6.42 Å². The summed E-state index contributed by atoms with van der Waals surface area (Å²) in [6.45, 7) is 8.66. The second-order valence-electron chi connectivity index (χ2n) is 6.17. The molecule has 0 radical (unpaired) electrons. The molecular weight excluding hydrogens is 285 g/mol. The fourth-order valence-corrected chi connectivity index (χ4v) is 2.56. The summed E-state index contributed by atoms with van der Waals surface area (Å²) in [5.74, 6) is 2.53. The lowest BCUT2D eigenvalue weighted by molar-refractivity contribution is 0.0379. The molecule has 0 atom stereocenters. The highest BCUT2D eigenvalue weighted by Crippen LogP contribution is 2.43. The van der Waals surface area contributed by atoms with E-state index in [2.05, 4.69) is 5.92 Å². The van der Waals surface area contributed by atoms with Crippen LogP contribution in [0.5, 0.6) is 0 Å². The number of carbonyl (C=O) groups is 1. The predicted molar refractivity (Wildman–Crippen MR) is 85.6 cm³/mol. The molecule has 5 heteroatoms. The van der Waals surface area contributed by atoms with Gasteiger partial charge < -0.3 is 9.30 Å². The van der Waals surface area contributed by atoms with Crippen molar-refractivity contribution in [1.29, 1.82) is 0 Å². The first-order valence-corrected chi connectivity index (χ1v) is 9.20. The van der Waals surface area contributed by atoms with Crippen LogP contribution in [0.25, 0.3) is 0 Å². The van der Waals surface area contributed by atoms with E-state index in [1.807, 2.05) is 12.1 Å². The Labute approximate surface area is 126 Å².